The van der Waals surface area contributed by atoms with Crippen LogP contribution in [0.4, 0.5) is 5.69 Å². The van der Waals surface area contributed by atoms with E-state index in [0.29, 0.717) is 30.9 Å². The first-order chi connectivity index (χ1) is 16.1. The van der Waals surface area contributed by atoms with Crippen molar-refractivity contribution >= 4 is 27.5 Å². The highest BCUT2D eigenvalue weighted by molar-refractivity contribution is 7.89. The molecule has 4 rings (SSSR count). The summed E-state index contributed by atoms with van der Waals surface area (Å²) in [7, 11) is -3.61. The molecule has 0 spiro atoms. The van der Waals surface area contributed by atoms with E-state index < -0.39 is 15.4 Å². The van der Waals surface area contributed by atoms with Gasteiger partial charge in [-0.15, -0.1) is 0 Å². The number of carbonyl (C=O) groups excluding carboxylic acids is 2. The molecule has 0 bridgehead atoms. The third kappa shape index (κ3) is 4.61. The van der Waals surface area contributed by atoms with Gasteiger partial charge in [-0.3, -0.25) is 9.59 Å². The summed E-state index contributed by atoms with van der Waals surface area (Å²) in [5.41, 5.74) is 1.45. The Morgan fingerprint density at radius 2 is 1.74 bits per heavy atom. The van der Waals surface area contributed by atoms with Crippen LogP contribution in [0, 0.1) is 0 Å². The van der Waals surface area contributed by atoms with Gasteiger partial charge < -0.3 is 10.2 Å². The van der Waals surface area contributed by atoms with E-state index in [1.807, 2.05) is 37.3 Å². The van der Waals surface area contributed by atoms with Crippen molar-refractivity contribution in [3.63, 3.8) is 0 Å². The predicted octanol–water partition coefficient (Wildman–Crippen LogP) is 3.41. The molecule has 8 heteroatoms. The average molecular weight is 484 g/mol. The van der Waals surface area contributed by atoms with Crippen LogP contribution in [-0.4, -0.2) is 50.7 Å². The Hall–Kier alpha value is -2.71. The Kier molecular flexibility index (Phi) is 6.82. The van der Waals surface area contributed by atoms with E-state index in [1.54, 1.807) is 32.0 Å². The minimum atomic E-state index is -3.61. The van der Waals surface area contributed by atoms with Crippen molar-refractivity contribution in [2.24, 2.45) is 0 Å². The van der Waals surface area contributed by atoms with Gasteiger partial charge in [-0.2, -0.15) is 4.31 Å². The first kappa shape index (κ1) is 24.4. The number of carbonyl (C=O) groups is 2. The summed E-state index contributed by atoms with van der Waals surface area (Å²) in [5.74, 6) is -0.309. The lowest BCUT2D eigenvalue weighted by molar-refractivity contribution is -0.125. The molecule has 0 unspecified atom stereocenters. The molecule has 2 aliphatic heterocycles. The van der Waals surface area contributed by atoms with E-state index in [-0.39, 0.29) is 29.2 Å². The van der Waals surface area contributed by atoms with Crippen LogP contribution in [-0.2, 0) is 25.0 Å². The van der Waals surface area contributed by atoms with Gasteiger partial charge >= 0.3 is 0 Å². The molecule has 2 aromatic rings. The monoisotopic (exact) mass is 483 g/mol. The third-order valence-corrected chi connectivity index (χ3v) is 8.84. The van der Waals surface area contributed by atoms with Crippen LogP contribution < -0.4 is 10.2 Å². The number of anilines is 1. The summed E-state index contributed by atoms with van der Waals surface area (Å²) < 4.78 is 27.9. The maximum atomic E-state index is 13.2. The molecule has 2 heterocycles. The average Bonchev–Trinajstić information content (AvgIpc) is 3.03. The Morgan fingerprint density at radius 1 is 1.06 bits per heavy atom. The highest BCUT2D eigenvalue weighted by Gasteiger charge is 2.45. The number of amides is 2. The zero-order valence-electron chi connectivity index (χ0n) is 20.1. The van der Waals surface area contributed by atoms with Crippen molar-refractivity contribution in [2.75, 3.05) is 31.1 Å². The Balaban J connectivity index is 1.50. The van der Waals surface area contributed by atoms with E-state index in [1.165, 1.54) is 9.21 Å². The summed E-state index contributed by atoms with van der Waals surface area (Å²) in [5, 5.41) is 2.93. The maximum Gasteiger partial charge on any atom is 0.243 e. The molecular weight excluding hydrogens is 450 g/mol. The molecule has 1 fully saturated rings. The quantitative estimate of drug-likeness (QED) is 0.654. The summed E-state index contributed by atoms with van der Waals surface area (Å²) in [6, 6.07) is 14.8. The molecule has 0 aliphatic carbocycles. The van der Waals surface area contributed by atoms with Gasteiger partial charge in [-0.1, -0.05) is 43.7 Å². The SMILES string of the molecule is C[C@@H](CNC(=O)CN1C(=O)C(C)(C)c2cc(S(=O)(=O)N3CCCCC3)ccc21)c1ccccc1. The fourth-order valence-electron chi connectivity index (χ4n) is 4.75. The fourth-order valence-corrected chi connectivity index (χ4v) is 6.29. The lowest BCUT2D eigenvalue weighted by atomic mass is 9.86. The molecular formula is C26H33N3O4S. The van der Waals surface area contributed by atoms with E-state index in [2.05, 4.69) is 5.32 Å². The zero-order valence-corrected chi connectivity index (χ0v) is 20.9. The number of benzene rings is 2. The van der Waals surface area contributed by atoms with E-state index >= 15 is 0 Å². The Labute approximate surface area is 202 Å². The first-order valence-corrected chi connectivity index (χ1v) is 13.3. The maximum absolute atomic E-state index is 13.2. The molecule has 2 aliphatic rings. The lowest BCUT2D eigenvalue weighted by Gasteiger charge is -2.26. The van der Waals surface area contributed by atoms with Crippen molar-refractivity contribution in [1.82, 2.24) is 9.62 Å². The smallest absolute Gasteiger partial charge is 0.243 e. The summed E-state index contributed by atoms with van der Waals surface area (Å²) in [4.78, 5) is 27.6. The van der Waals surface area contributed by atoms with Crippen LogP contribution >= 0.6 is 0 Å². The van der Waals surface area contributed by atoms with Gasteiger partial charge in [0.15, 0.2) is 0 Å². The largest absolute Gasteiger partial charge is 0.354 e. The van der Waals surface area contributed by atoms with Crippen LogP contribution in [0.5, 0.6) is 0 Å². The molecule has 0 saturated carbocycles. The molecule has 0 radical (unpaired) electrons. The van der Waals surface area contributed by atoms with Crippen LogP contribution in [0.15, 0.2) is 53.4 Å². The minimum absolute atomic E-state index is 0.102. The van der Waals surface area contributed by atoms with Crippen LogP contribution in [0.3, 0.4) is 0 Å². The highest BCUT2D eigenvalue weighted by atomic mass is 32.2. The number of hydrogen-bond acceptors (Lipinski definition) is 4. The van der Waals surface area contributed by atoms with E-state index in [0.717, 1.165) is 24.8 Å². The van der Waals surface area contributed by atoms with Crippen molar-refractivity contribution in [3.8, 4) is 0 Å². The van der Waals surface area contributed by atoms with Crippen molar-refractivity contribution < 1.29 is 18.0 Å². The highest BCUT2D eigenvalue weighted by Crippen LogP contribution is 2.42. The second kappa shape index (κ2) is 9.50. The van der Waals surface area contributed by atoms with Crippen LogP contribution in [0.25, 0.3) is 0 Å². The van der Waals surface area contributed by atoms with Gasteiger partial charge in [0.05, 0.1) is 10.3 Å². The van der Waals surface area contributed by atoms with E-state index in [9.17, 15) is 18.0 Å². The second-order valence-electron chi connectivity index (χ2n) is 9.78. The standard InChI is InChI=1S/C26H33N3O4S/c1-19(20-10-6-4-7-11-20)17-27-24(30)18-29-23-13-12-21(16-22(23)26(2,3)25(29)31)34(32,33)28-14-8-5-9-15-28/h4,6-7,10-13,16,19H,5,8-9,14-15,17-18H2,1-3H3,(H,27,30)/t19-/m0/s1. The number of piperidine rings is 1. The molecule has 182 valence electrons. The molecule has 2 aromatic carbocycles. The molecule has 1 saturated heterocycles. The minimum Gasteiger partial charge on any atom is -0.354 e. The number of nitrogens with one attached hydrogen (secondary N) is 1. The molecule has 1 atom stereocenters. The van der Waals surface area contributed by atoms with E-state index in [4.69, 9.17) is 0 Å². The van der Waals surface area contributed by atoms with Crippen molar-refractivity contribution in [1.29, 1.82) is 0 Å². The van der Waals surface area contributed by atoms with Crippen LogP contribution in [0.2, 0.25) is 0 Å². The second-order valence-corrected chi connectivity index (χ2v) is 11.7. The lowest BCUT2D eigenvalue weighted by Crippen LogP contribution is -2.43. The number of nitrogens with zero attached hydrogens (tertiary/aromatic N) is 2. The summed E-state index contributed by atoms with van der Waals surface area (Å²) in [6.45, 7) is 7.01. The third-order valence-electron chi connectivity index (χ3n) is 6.94. The summed E-state index contributed by atoms with van der Waals surface area (Å²) in [6.07, 6.45) is 2.76. The molecule has 2 amide bonds. The number of fused-ring (bicyclic) bond motifs is 1. The Bertz CT molecular complexity index is 1170. The fraction of sp³-hybridized carbons (Fsp3) is 0.462. The Morgan fingerprint density at radius 3 is 2.41 bits per heavy atom. The zero-order chi connectivity index (χ0) is 24.5. The normalized spacial score (nSPS) is 19.0. The first-order valence-electron chi connectivity index (χ1n) is 11.9. The van der Waals surface area contributed by atoms with Gasteiger partial charge in [0, 0.05) is 25.3 Å². The number of rotatable bonds is 7. The molecule has 1 N–H and O–H groups in total. The van der Waals surface area contributed by atoms with Gasteiger partial charge in [0.1, 0.15) is 6.54 Å². The number of hydrogen-bond donors (Lipinski definition) is 1. The molecule has 0 aromatic heterocycles. The van der Waals surface area contributed by atoms with Gasteiger partial charge in [0.2, 0.25) is 21.8 Å². The van der Waals surface area contributed by atoms with Gasteiger partial charge in [-0.25, -0.2) is 8.42 Å². The molecule has 34 heavy (non-hydrogen) atoms. The topological polar surface area (TPSA) is 86.8 Å². The number of sulfonamides is 1. The predicted molar refractivity (Wildman–Crippen MR) is 132 cm³/mol. The van der Waals surface area contributed by atoms with Crippen molar-refractivity contribution in [2.45, 2.75) is 56.3 Å². The van der Waals surface area contributed by atoms with Crippen LogP contribution in [0.1, 0.15) is 57.1 Å². The summed E-state index contributed by atoms with van der Waals surface area (Å²) >= 11 is 0. The molecule has 7 nitrogen and oxygen atoms in total. The van der Waals surface area contributed by atoms with Gasteiger partial charge in [-0.05, 0) is 61.9 Å². The van der Waals surface area contributed by atoms with Crippen molar-refractivity contribution in [3.05, 3.63) is 59.7 Å². The van der Waals surface area contributed by atoms with Gasteiger partial charge in [0.25, 0.3) is 0 Å².